The predicted molar refractivity (Wildman–Crippen MR) is 79.6 cm³/mol. The predicted octanol–water partition coefficient (Wildman–Crippen LogP) is 1.51. The van der Waals surface area contributed by atoms with Crippen LogP contribution < -0.4 is 10.6 Å². The summed E-state index contributed by atoms with van der Waals surface area (Å²) >= 11 is 0. The highest BCUT2D eigenvalue weighted by molar-refractivity contribution is 5.75. The van der Waals surface area contributed by atoms with Gasteiger partial charge in [-0.15, -0.1) is 0 Å². The smallest absolute Gasteiger partial charge is 0.315 e. The van der Waals surface area contributed by atoms with E-state index in [2.05, 4.69) is 15.7 Å². The van der Waals surface area contributed by atoms with E-state index in [0.29, 0.717) is 0 Å². The van der Waals surface area contributed by atoms with Crippen molar-refractivity contribution in [1.29, 1.82) is 0 Å². The van der Waals surface area contributed by atoms with E-state index >= 15 is 0 Å². The quantitative estimate of drug-likeness (QED) is 0.780. The fourth-order valence-corrected chi connectivity index (χ4v) is 2.06. The van der Waals surface area contributed by atoms with Gasteiger partial charge in [-0.3, -0.25) is 4.68 Å². The second-order valence-corrected chi connectivity index (χ2v) is 4.93. The van der Waals surface area contributed by atoms with Gasteiger partial charge in [0, 0.05) is 18.8 Å². The van der Waals surface area contributed by atoms with Crippen LogP contribution in [0.15, 0.2) is 42.7 Å². The van der Waals surface area contributed by atoms with Gasteiger partial charge < -0.3 is 15.7 Å². The van der Waals surface area contributed by atoms with Gasteiger partial charge in [-0.2, -0.15) is 5.10 Å². The van der Waals surface area contributed by atoms with Crippen LogP contribution in [0.25, 0.3) is 0 Å². The number of rotatable bonds is 5. The van der Waals surface area contributed by atoms with Gasteiger partial charge in [-0.05, 0) is 12.5 Å². The molecule has 0 fully saturated rings. The van der Waals surface area contributed by atoms with Gasteiger partial charge in [0.25, 0.3) is 0 Å². The highest BCUT2D eigenvalue weighted by Crippen LogP contribution is 2.13. The molecule has 2 amide bonds. The number of nitrogens with one attached hydrogen (secondary N) is 2. The van der Waals surface area contributed by atoms with E-state index < -0.39 is 6.04 Å². The number of aliphatic hydroxyl groups is 1. The molecule has 2 rings (SSSR count). The molecule has 0 unspecified atom stereocenters. The van der Waals surface area contributed by atoms with Gasteiger partial charge in [0.2, 0.25) is 0 Å². The lowest BCUT2D eigenvalue weighted by atomic mass is 10.1. The summed E-state index contributed by atoms with van der Waals surface area (Å²) in [6.07, 6.45) is 3.57. The molecule has 1 aromatic heterocycles. The van der Waals surface area contributed by atoms with Crippen molar-refractivity contribution >= 4 is 6.03 Å². The summed E-state index contributed by atoms with van der Waals surface area (Å²) in [7, 11) is 1.83. The number of urea groups is 1. The Kier molecular flexibility index (Phi) is 4.94. The van der Waals surface area contributed by atoms with Crippen molar-refractivity contribution in [3.05, 3.63) is 53.9 Å². The monoisotopic (exact) mass is 288 g/mol. The van der Waals surface area contributed by atoms with E-state index in [1.165, 1.54) is 0 Å². The maximum Gasteiger partial charge on any atom is 0.315 e. The minimum absolute atomic E-state index is 0.154. The van der Waals surface area contributed by atoms with Crippen LogP contribution in [0.4, 0.5) is 4.79 Å². The zero-order chi connectivity index (χ0) is 15.2. The zero-order valence-electron chi connectivity index (χ0n) is 12.2. The number of aryl methyl sites for hydroxylation is 1. The third kappa shape index (κ3) is 4.06. The van der Waals surface area contributed by atoms with Crippen LogP contribution in [0, 0.1) is 0 Å². The molecule has 0 aliphatic carbocycles. The number of hydrogen-bond donors (Lipinski definition) is 3. The molecule has 0 saturated heterocycles. The third-order valence-corrected chi connectivity index (χ3v) is 3.26. The van der Waals surface area contributed by atoms with E-state index in [1.807, 2.05) is 50.5 Å². The van der Waals surface area contributed by atoms with Crippen molar-refractivity contribution in [2.45, 2.75) is 19.0 Å². The Morgan fingerprint density at radius 1 is 1.29 bits per heavy atom. The van der Waals surface area contributed by atoms with Crippen molar-refractivity contribution in [2.75, 3.05) is 6.61 Å². The Morgan fingerprint density at radius 3 is 2.57 bits per heavy atom. The van der Waals surface area contributed by atoms with Crippen molar-refractivity contribution in [3.8, 4) is 0 Å². The van der Waals surface area contributed by atoms with Crippen molar-refractivity contribution in [3.63, 3.8) is 0 Å². The second kappa shape index (κ2) is 6.90. The maximum absolute atomic E-state index is 12.0. The Morgan fingerprint density at radius 2 is 2.00 bits per heavy atom. The number of nitrogens with zero attached hydrogens (tertiary/aromatic N) is 2. The van der Waals surface area contributed by atoms with Gasteiger partial charge in [-0.25, -0.2) is 4.79 Å². The Bertz CT molecular complexity index is 582. The molecule has 0 saturated carbocycles. The molecule has 0 spiro atoms. The van der Waals surface area contributed by atoms with Crippen molar-refractivity contribution in [1.82, 2.24) is 20.4 Å². The summed E-state index contributed by atoms with van der Waals surface area (Å²) in [6.45, 7) is 1.73. The topological polar surface area (TPSA) is 79.2 Å². The SMILES string of the molecule is C[C@@H](NC(=O)N[C@H](CO)c1ccccc1)c1cnn(C)c1. The number of hydrogen-bond acceptors (Lipinski definition) is 3. The van der Waals surface area contributed by atoms with Gasteiger partial charge in [0.05, 0.1) is 24.9 Å². The second-order valence-electron chi connectivity index (χ2n) is 4.93. The van der Waals surface area contributed by atoms with Crippen LogP contribution in [-0.2, 0) is 7.05 Å². The molecule has 6 heteroatoms. The highest BCUT2D eigenvalue weighted by atomic mass is 16.3. The minimum Gasteiger partial charge on any atom is -0.394 e. The van der Waals surface area contributed by atoms with E-state index in [1.54, 1.807) is 10.9 Å². The van der Waals surface area contributed by atoms with Gasteiger partial charge in [0.1, 0.15) is 0 Å². The number of aliphatic hydroxyl groups excluding tert-OH is 1. The number of amides is 2. The lowest BCUT2D eigenvalue weighted by Crippen LogP contribution is -2.40. The number of aromatic nitrogens is 2. The average molecular weight is 288 g/mol. The summed E-state index contributed by atoms with van der Waals surface area (Å²) in [6, 6.07) is 8.46. The molecular formula is C15H20N4O2. The van der Waals surface area contributed by atoms with Crippen LogP contribution in [0.1, 0.15) is 30.1 Å². The molecule has 2 atom stereocenters. The van der Waals surface area contributed by atoms with E-state index in [9.17, 15) is 9.90 Å². The molecule has 21 heavy (non-hydrogen) atoms. The zero-order valence-corrected chi connectivity index (χ0v) is 12.2. The van der Waals surface area contributed by atoms with Crippen molar-refractivity contribution in [2.24, 2.45) is 7.05 Å². The molecule has 0 radical (unpaired) electrons. The summed E-state index contributed by atoms with van der Waals surface area (Å²) in [5, 5.41) is 19.1. The van der Waals surface area contributed by atoms with E-state index in [-0.39, 0.29) is 18.7 Å². The first-order chi connectivity index (χ1) is 10.1. The number of benzene rings is 1. The maximum atomic E-state index is 12.0. The minimum atomic E-state index is -0.424. The fourth-order valence-electron chi connectivity index (χ4n) is 2.06. The molecule has 2 aromatic rings. The molecule has 112 valence electrons. The molecule has 3 N–H and O–H groups in total. The van der Waals surface area contributed by atoms with Crippen LogP contribution in [0.2, 0.25) is 0 Å². The van der Waals surface area contributed by atoms with Crippen LogP contribution in [0.3, 0.4) is 0 Å². The Hall–Kier alpha value is -2.34. The van der Waals surface area contributed by atoms with Gasteiger partial charge >= 0.3 is 6.03 Å². The Balaban J connectivity index is 1.94. The average Bonchev–Trinajstić information content (AvgIpc) is 2.92. The first-order valence-corrected chi connectivity index (χ1v) is 6.81. The van der Waals surface area contributed by atoms with Gasteiger partial charge in [0.15, 0.2) is 0 Å². The van der Waals surface area contributed by atoms with Gasteiger partial charge in [-0.1, -0.05) is 30.3 Å². The highest BCUT2D eigenvalue weighted by Gasteiger charge is 2.16. The third-order valence-electron chi connectivity index (χ3n) is 3.26. The molecule has 1 aromatic carbocycles. The van der Waals surface area contributed by atoms with Crippen molar-refractivity contribution < 1.29 is 9.90 Å². The standard InChI is InChI=1S/C15H20N4O2/c1-11(13-8-16-19(2)9-13)17-15(21)18-14(10-20)12-6-4-3-5-7-12/h3-9,11,14,20H,10H2,1-2H3,(H2,17,18,21)/t11-,14-/m1/s1. The number of carbonyl (C=O) groups is 1. The largest absolute Gasteiger partial charge is 0.394 e. The molecule has 0 aliphatic rings. The molecule has 0 bridgehead atoms. The fraction of sp³-hybridized carbons (Fsp3) is 0.333. The summed E-state index contributed by atoms with van der Waals surface area (Å²) < 4.78 is 1.69. The molecule has 0 aliphatic heterocycles. The molecule has 1 heterocycles. The number of carbonyl (C=O) groups excluding carboxylic acids is 1. The summed E-state index contributed by atoms with van der Waals surface area (Å²) in [5.74, 6) is 0. The first kappa shape index (κ1) is 15.1. The normalized spacial score (nSPS) is 13.5. The van der Waals surface area contributed by atoms with E-state index in [4.69, 9.17) is 0 Å². The Labute approximate surface area is 123 Å². The molecule has 6 nitrogen and oxygen atoms in total. The van der Waals surface area contributed by atoms with Crippen LogP contribution in [0.5, 0.6) is 0 Å². The van der Waals surface area contributed by atoms with Crippen LogP contribution in [-0.4, -0.2) is 27.5 Å². The lowest BCUT2D eigenvalue weighted by Gasteiger charge is -2.19. The summed E-state index contributed by atoms with van der Waals surface area (Å²) in [4.78, 5) is 12.0. The first-order valence-electron chi connectivity index (χ1n) is 6.81. The summed E-state index contributed by atoms with van der Waals surface area (Å²) in [5.41, 5.74) is 1.79. The lowest BCUT2D eigenvalue weighted by molar-refractivity contribution is 0.214. The molecular weight excluding hydrogens is 268 g/mol. The van der Waals surface area contributed by atoms with Crippen LogP contribution >= 0.6 is 0 Å². The van der Waals surface area contributed by atoms with E-state index in [0.717, 1.165) is 11.1 Å².